The maximum Gasteiger partial charge on any atom is 0.248 e. The molecule has 6 heteroatoms. The van der Waals surface area contributed by atoms with Crippen LogP contribution in [0.2, 0.25) is 0 Å². The lowest BCUT2D eigenvalue weighted by atomic mass is 10.1. The highest BCUT2D eigenvalue weighted by Gasteiger charge is 2.10. The molecule has 21 heavy (non-hydrogen) atoms. The first-order chi connectivity index (χ1) is 10.0. The summed E-state index contributed by atoms with van der Waals surface area (Å²) in [7, 11) is 0. The molecule has 0 saturated carbocycles. The van der Waals surface area contributed by atoms with Gasteiger partial charge in [-0.2, -0.15) is 0 Å². The molecule has 3 aromatic rings. The van der Waals surface area contributed by atoms with Crippen molar-refractivity contribution in [3.8, 4) is 0 Å². The Labute approximate surface area is 118 Å². The molecule has 0 spiro atoms. The lowest BCUT2D eigenvalue weighted by Crippen LogP contribution is -2.11. The maximum absolute atomic E-state index is 13.3. The second-order valence-corrected chi connectivity index (χ2v) is 4.69. The van der Waals surface area contributed by atoms with Crippen molar-refractivity contribution in [1.29, 1.82) is 0 Å². The van der Waals surface area contributed by atoms with Gasteiger partial charge in [-0.25, -0.2) is 13.8 Å². The number of hydrogen-bond acceptors (Lipinski definition) is 2. The molecule has 1 amide bonds. The molecule has 1 aromatic heterocycles. The van der Waals surface area contributed by atoms with Crippen molar-refractivity contribution < 1.29 is 13.6 Å². The zero-order valence-electron chi connectivity index (χ0n) is 10.9. The summed E-state index contributed by atoms with van der Waals surface area (Å²) in [5, 5.41) is 0. The smallest absolute Gasteiger partial charge is 0.248 e. The van der Waals surface area contributed by atoms with E-state index in [0.717, 1.165) is 17.7 Å². The largest absolute Gasteiger partial charge is 0.366 e. The summed E-state index contributed by atoms with van der Waals surface area (Å²) in [6.07, 6.45) is 1.50. The molecule has 106 valence electrons. The Balaban J connectivity index is 2.00. The van der Waals surface area contributed by atoms with Gasteiger partial charge >= 0.3 is 0 Å². The molecule has 4 nitrogen and oxygen atoms in total. The maximum atomic E-state index is 13.3. The summed E-state index contributed by atoms with van der Waals surface area (Å²) in [4.78, 5) is 15.2. The van der Waals surface area contributed by atoms with Gasteiger partial charge in [0.05, 0.1) is 17.4 Å². The third-order valence-electron chi connectivity index (χ3n) is 3.23. The quantitative estimate of drug-likeness (QED) is 0.804. The number of aromatic nitrogens is 2. The first kappa shape index (κ1) is 13.2. The van der Waals surface area contributed by atoms with Crippen LogP contribution >= 0.6 is 0 Å². The average Bonchev–Trinajstić information content (AvgIpc) is 2.82. The van der Waals surface area contributed by atoms with Gasteiger partial charge < -0.3 is 10.3 Å². The molecular weight excluding hydrogens is 276 g/mol. The zero-order chi connectivity index (χ0) is 15.0. The van der Waals surface area contributed by atoms with Crippen molar-refractivity contribution >= 4 is 16.9 Å². The van der Waals surface area contributed by atoms with E-state index >= 15 is 0 Å². The van der Waals surface area contributed by atoms with Crippen molar-refractivity contribution in [3.63, 3.8) is 0 Å². The van der Waals surface area contributed by atoms with Gasteiger partial charge in [-0.1, -0.05) is 12.1 Å². The monoisotopic (exact) mass is 287 g/mol. The Morgan fingerprint density at radius 1 is 1.19 bits per heavy atom. The Kier molecular flexibility index (Phi) is 3.13. The summed E-state index contributed by atoms with van der Waals surface area (Å²) < 4.78 is 28.2. The summed E-state index contributed by atoms with van der Waals surface area (Å²) in [6.45, 7) is 0.378. The van der Waals surface area contributed by atoms with Gasteiger partial charge in [-0.05, 0) is 17.7 Å². The minimum absolute atomic E-state index is 0.375. The van der Waals surface area contributed by atoms with Gasteiger partial charge in [0, 0.05) is 24.2 Å². The molecule has 0 saturated heterocycles. The Morgan fingerprint density at radius 2 is 1.95 bits per heavy atom. The predicted octanol–water partition coefficient (Wildman–Crippen LogP) is 2.46. The van der Waals surface area contributed by atoms with Crippen LogP contribution < -0.4 is 5.73 Å². The molecule has 0 bridgehead atoms. The van der Waals surface area contributed by atoms with E-state index in [1.165, 1.54) is 6.33 Å². The second kappa shape index (κ2) is 4.97. The number of rotatable bonds is 3. The highest BCUT2D eigenvalue weighted by molar-refractivity contribution is 5.92. The lowest BCUT2D eigenvalue weighted by Gasteiger charge is -2.06. The number of fused-ring (bicyclic) bond motifs is 1. The van der Waals surface area contributed by atoms with Crippen molar-refractivity contribution in [3.05, 3.63) is 65.5 Å². The van der Waals surface area contributed by atoms with Crippen LogP contribution in [0.4, 0.5) is 8.78 Å². The molecule has 0 fully saturated rings. The van der Waals surface area contributed by atoms with E-state index < -0.39 is 17.5 Å². The third-order valence-corrected chi connectivity index (χ3v) is 3.23. The van der Waals surface area contributed by atoms with Crippen LogP contribution in [0.1, 0.15) is 15.9 Å². The van der Waals surface area contributed by atoms with Crippen molar-refractivity contribution in [1.82, 2.24) is 9.55 Å². The second-order valence-electron chi connectivity index (χ2n) is 4.69. The van der Waals surface area contributed by atoms with Gasteiger partial charge in [0.2, 0.25) is 5.91 Å². The normalized spacial score (nSPS) is 11.0. The van der Waals surface area contributed by atoms with Crippen LogP contribution in [0.3, 0.4) is 0 Å². The van der Waals surface area contributed by atoms with Crippen molar-refractivity contribution in [2.24, 2.45) is 5.73 Å². The molecule has 3 rings (SSSR count). The highest BCUT2D eigenvalue weighted by atomic mass is 19.2. The molecule has 0 aliphatic heterocycles. The summed E-state index contributed by atoms with van der Waals surface area (Å²) in [5.41, 5.74) is 7.31. The SMILES string of the molecule is NC(=O)c1cccc(Cn2cnc3cc(F)c(F)cc32)c1. The van der Waals surface area contributed by atoms with Crippen LogP contribution in [-0.2, 0) is 6.54 Å². The zero-order valence-corrected chi connectivity index (χ0v) is 10.9. The Morgan fingerprint density at radius 3 is 2.71 bits per heavy atom. The van der Waals surface area contributed by atoms with E-state index in [4.69, 9.17) is 5.73 Å². The number of benzene rings is 2. The minimum Gasteiger partial charge on any atom is -0.366 e. The summed E-state index contributed by atoms with van der Waals surface area (Å²) >= 11 is 0. The molecule has 0 atom stereocenters. The van der Waals surface area contributed by atoms with Gasteiger partial charge in [-0.3, -0.25) is 4.79 Å². The average molecular weight is 287 g/mol. The molecule has 2 aromatic carbocycles. The number of hydrogen-bond donors (Lipinski definition) is 1. The van der Waals surface area contributed by atoms with Gasteiger partial charge in [0.15, 0.2) is 11.6 Å². The first-order valence-electron chi connectivity index (χ1n) is 6.23. The van der Waals surface area contributed by atoms with Crippen LogP contribution in [0.5, 0.6) is 0 Å². The number of carbonyl (C=O) groups is 1. The fourth-order valence-corrected chi connectivity index (χ4v) is 2.20. The van der Waals surface area contributed by atoms with Crippen LogP contribution in [-0.4, -0.2) is 15.5 Å². The number of imidazole rings is 1. The molecule has 0 aliphatic carbocycles. The number of amides is 1. The third kappa shape index (κ3) is 2.47. The fraction of sp³-hybridized carbons (Fsp3) is 0.0667. The molecular formula is C15H11F2N3O. The Hall–Kier alpha value is -2.76. The topological polar surface area (TPSA) is 60.9 Å². The van der Waals surface area contributed by atoms with E-state index in [9.17, 15) is 13.6 Å². The molecule has 2 N–H and O–H groups in total. The van der Waals surface area contributed by atoms with E-state index in [2.05, 4.69) is 4.98 Å². The van der Waals surface area contributed by atoms with Gasteiger partial charge in [0.1, 0.15) is 0 Å². The number of primary amides is 1. The van der Waals surface area contributed by atoms with E-state index in [-0.39, 0.29) is 0 Å². The van der Waals surface area contributed by atoms with Gasteiger partial charge in [-0.15, -0.1) is 0 Å². The Bertz CT molecular complexity index is 842. The first-order valence-corrected chi connectivity index (χ1v) is 6.23. The molecule has 0 radical (unpaired) electrons. The number of nitrogens with zero attached hydrogens (tertiary/aromatic N) is 2. The summed E-state index contributed by atoms with van der Waals surface area (Å²) in [5.74, 6) is -2.36. The van der Waals surface area contributed by atoms with Crippen molar-refractivity contribution in [2.45, 2.75) is 6.54 Å². The van der Waals surface area contributed by atoms with Crippen molar-refractivity contribution in [2.75, 3.05) is 0 Å². The standard InChI is InChI=1S/C15H11F2N3O/c16-11-5-13-14(6-12(11)17)20(8-19-13)7-9-2-1-3-10(4-9)15(18)21/h1-6,8H,7H2,(H2,18,21). The van der Waals surface area contributed by atoms with E-state index in [1.807, 2.05) is 6.07 Å². The lowest BCUT2D eigenvalue weighted by molar-refractivity contribution is 0.1000. The van der Waals surface area contributed by atoms with Gasteiger partial charge in [0.25, 0.3) is 0 Å². The van der Waals surface area contributed by atoms with E-state index in [0.29, 0.717) is 23.1 Å². The van der Waals surface area contributed by atoms with Crippen LogP contribution in [0.25, 0.3) is 11.0 Å². The molecule has 0 unspecified atom stereocenters. The van der Waals surface area contributed by atoms with Crippen LogP contribution in [0.15, 0.2) is 42.7 Å². The number of nitrogens with two attached hydrogens (primary N) is 1. The minimum atomic E-state index is -0.927. The van der Waals surface area contributed by atoms with E-state index in [1.54, 1.807) is 22.8 Å². The number of halogens is 2. The predicted molar refractivity (Wildman–Crippen MR) is 73.7 cm³/mol. The van der Waals surface area contributed by atoms with Crippen LogP contribution in [0, 0.1) is 11.6 Å². The molecule has 1 heterocycles. The molecule has 0 aliphatic rings. The number of carbonyl (C=O) groups excluding carboxylic acids is 1. The highest BCUT2D eigenvalue weighted by Crippen LogP contribution is 2.19. The summed E-state index contributed by atoms with van der Waals surface area (Å²) in [6, 6.07) is 8.98. The fourth-order valence-electron chi connectivity index (χ4n) is 2.20.